The highest BCUT2D eigenvalue weighted by Gasteiger charge is 2.27. The summed E-state index contributed by atoms with van der Waals surface area (Å²) >= 11 is 0. The van der Waals surface area contributed by atoms with E-state index in [4.69, 9.17) is 5.73 Å². The van der Waals surface area contributed by atoms with Crippen LogP contribution in [0.4, 0.5) is 0 Å². The highest BCUT2D eigenvalue weighted by Crippen LogP contribution is 2.18. The van der Waals surface area contributed by atoms with Crippen molar-refractivity contribution in [2.24, 2.45) is 5.73 Å². The molecule has 4 heteroatoms. The van der Waals surface area contributed by atoms with Gasteiger partial charge in [-0.2, -0.15) is 0 Å². The van der Waals surface area contributed by atoms with Gasteiger partial charge in [-0.15, -0.1) is 0 Å². The van der Waals surface area contributed by atoms with E-state index in [9.17, 15) is 10.1 Å². The molecule has 0 bridgehead atoms. The molecule has 1 aliphatic rings. The van der Waals surface area contributed by atoms with Crippen LogP contribution in [0.3, 0.4) is 0 Å². The summed E-state index contributed by atoms with van der Waals surface area (Å²) in [6.07, 6.45) is 3.13. The maximum atomic E-state index is 10.2. The Morgan fingerprint density at radius 2 is 2.20 bits per heavy atom. The molecule has 2 N–H and O–H groups in total. The van der Waals surface area contributed by atoms with Crippen molar-refractivity contribution in [2.75, 3.05) is 0 Å². The molecule has 0 spiro atoms. The van der Waals surface area contributed by atoms with Crippen LogP contribution in [0.15, 0.2) is 0 Å². The third-order valence-electron chi connectivity index (χ3n) is 1.99. The van der Waals surface area contributed by atoms with Gasteiger partial charge in [-0.05, 0) is 12.8 Å². The number of hydrogen-bond donors (Lipinski definition) is 1. The minimum atomic E-state index is -0.372. The number of nitrogens with zero attached hydrogens (tertiary/aromatic N) is 1. The Labute approximate surface area is 59.6 Å². The largest absolute Gasteiger partial charge is 0.327 e. The quantitative estimate of drug-likeness (QED) is 0.431. The van der Waals surface area contributed by atoms with Crippen LogP contribution in [0, 0.1) is 10.1 Å². The van der Waals surface area contributed by atoms with Gasteiger partial charge < -0.3 is 5.73 Å². The van der Waals surface area contributed by atoms with Gasteiger partial charge >= 0.3 is 0 Å². The Morgan fingerprint density at radius 3 is 2.60 bits per heavy atom. The summed E-state index contributed by atoms with van der Waals surface area (Å²) in [4.78, 5) is 10.0. The minimum absolute atomic E-state index is 0.0594. The van der Waals surface area contributed by atoms with Crippen LogP contribution in [0.25, 0.3) is 0 Å². The molecule has 1 aliphatic carbocycles. The molecule has 0 saturated heterocycles. The maximum absolute atomic E-state index is 10.2. The fourth-order valence-electron chi connectivity index (χ4n) is 1.39. The van der Waals surface area contributed by atoms with Crippen LogP contribution in [-0.2, 0) is 0 Å². The third kappa shape index (κ3) is 1.67. The van der Waals surface area contributed by atoms with Gasteiger partial charge in [-0.1, -0.05) is 0 Å². The summed E-state index contributed by atoms with van der Waals surface area (Å²) in [5, 5.41) is 10.2. The second kappa shape index (κ2) is 2.96. The molecule has 1 fully saturated rings. The summed E-state index contributed by atoms with van der Waals surface area (Å²) in [7, 11) is 0. The fraction of sp³-hybridized carbons (Fsp3) is 1.00. The molecule has 0 radical (unpaired) electrons. The van der Waals surface area contributed by atoms with E-state index in [2.05, 4.69) is 0 Å². The van der Waals surface area contributed by atoms with E-state index in [1.807, 2.05) is 0 Å². The van der Waals surface area contributed by atoms with Crippen LogP contribution in [0.5, 0.6) is 0 Å². The Bertz CT molecular complexity index is 138. The van der Waals surface area contributed by atoms with Gasteiger partial charge in [0.1, 0.15) is 0 Å². The third-order valence-corrected chi connectivity index (χ3v) is 1.99. The first-order valence-corrected chi connectivity index (χ1v) is 3.59. The van der Waals surface area contributed by atoms with Gasteiger partial charge in [0.2, 0.25) is 6.04 Å². The summed E-state index contributed by atoms with van der Waals surface area (Å²) < 4.78 is 0. The Morgan fingerprint density at radius 1 is 1.50 bits per heavy atom. The van der Waals surface area contributed by atoms with E-state index in [-0.39, 0.29) is 17.0 Å². The molecule has 10 heavy (non-hydrogen) atoms. The number of nitro groups is 1. The normalized spacial score (nSPS) is 33.7. The average molecular weight is 144 g/mol. The fourth-order valence-corrected chi connectivity index (χ4v) is 1.39. The Kier molecular flexibility index (Phi) is 2.21. The zero-order chi connectivity index (χ0) is 7.56. The molecule has 1 saturated carbocycles. The average Bonchev–Trinajstić information content (AvgIpc) is 1.88. The Balaban J connectivity index is 2.39. The molecule has 58 valence electrons. The Hall–Kier alpha value is -0.640. The van der Waals surface area contributed by atoms with Gasteiger partial charge in [0, 0.05) is 23.8 Å². The summed E-state index contributed by atoms with van der Waals surface area (Å²) in [6.45, 7) is 0. The zero-order valence-electron chi connectivity index (χ0n) is 5.82. The van der Waals surface area contributed by atoms with Gasteiger partial charge in [0.25, 0.3) is 0 Å². The van der Waals surface area contributed by atoms with Gasteiger partial charge in [-0.25, -0.2) is 0 Å². The first-order chi connectivity index (χ1) is 4.70. The molecule has 0 aliphatic heterocycles. The van der Waals surface area contributed by atoms with Crippen molar-refractivity contribution >= 4 is 0 Å². The first-order valence-electron chi connectivity index (χ1n) is 3.59. The van der Waals surface area contributed by atoms with Crippen molar-refractivity contribution in [3.05, 3.63) is 10.1 Å². The van der Waals surface area contributed by atoms with Crippen molar-refractivity contribution in [3.63, 3.8) is 0 Å². The first kappa shape index (κ1) is 7.47. The van der Waals surface area contributed by atoms with Crippen molar-refractivity contribution in [3.8, 4) is 0 Å². The van der Waals surface area contributed by atoms with Crippen LogP contribution in [0.1, 0.15) is 25.7 Å². The highest BCUT2D eigenvalue weighted by atomic mass is 16.6. The molecule has 4 nitrogen and oxygen atoms in total. The van der Waals surface area contributed by atoms with E-state index in [1.165, 1.54) is 0 Å². The molecule has 0 heterocycles. The molecule has 2 atom stereocenters. The van der Waals surface area contributed by atoms with E-state index in [1.54, 1.807) is 0 Å². The summed E-state index contributed by atoms with van der Waals surface area (Å²) in [5.41, 5.74) is 5.56. The SMILES string of the molecule is NC1CCCC([N+](=O)[O-])C1. The lowest BCUT2D eigenvalue weighted by Gasteiger charge is -2.20. The second-order valence-corrected chi connectivity index (χ2v) is 2.87. The molecular weight excluding hydrogens is 132 g/mol. The lowest BCUT2D eigenvalue weighted by atomic mass is 9.92. The highest BCUT2D eigenvalue weighted by molar-refractivity contribution is 4.74. The molecule has 2 unspecified atom stereocenters. The molecule has 0 amide bonds. The maximum Gasteiger partial charge on any atom is 0.214 e. The van der Waals surface area contributed by atoms with Gasteiger partial charge in [0.15, 0.2) is 0 Å². The van der Waals surface area contributed by atoms with Crippen LogP contribution < -0.4 is 5.73 Å². The van der Waals surface area contributed by atoms with Crippen molar-refractivity contribution < 1.29 is 4.92 Å². The number of nitrogens with two attached hydrogens (primary N) is 1. The summed E-state index contributed by atoms with van der Waals surface area (Å²) in [6, 6.07) is -0.312. The molecular formula is C6H12N2O2. The van der Waals surface area contributed by atoms with Gasteiger partial charge in [0.05, 0.1) is 0 Å². The lowest BCUT2D eigenvalue weighted by Crippen LogP contribution is -2.34. The van der Waals surface area contributed by atoms with Crippen molar-refractivity contribution in [2.45, 2.75) is 37.8 Å². The van der Waals surface area contributed by atoms with Crippen molar-refractivity contribution in [1.82, 2.24) is 0 Å². The topological polar surface area (TPSA) is 69.2 Å². The van der Waals surface area contributed by atoms with Crippen LogP contribution >= 0.6 is 0 Å². The monoisotopic (exact) mass is 144 g/mol. The molecule has 0 aromatic rings. The predicted molar refractivity (Wildman–Crippen MR) is 37.2 cm³/mol. The summed E-state index contributed by atoms with van der Waals surface area (Å²) in [5.74, 6) is 0. The minimum Gasteiger partial charge on any atom is -0.327 e. The zero-order valence-corrected chi connectivity index (χ0v) is 5.82. The second-order valence-electron chi connectivity index (χ2n) is 2.87. The molecule has 0 aromatic carbocycles. The van der Waals surface area contributed by atoms with E-state index < -0.39 is 0 Å². The molecule has 1 rings (SSSR count). The van der Waals surface area contributed by atoms with Crippen LogP contribution in [-0.4, -0.2) is 17.0 Å². The van der Waals surface area contributed by atoms with E-state index in [0.717, 1.165) is 12.8 Å². The molecule has 0 aromatic heterocycles. The lowest BCUT2D eigenvalue weighted by molar-refractivity contribution is -0.526. The van der Waals surface area contributed by atoms with E-state index in [0.29, 0.717) is 12.8 Å². The standard InChI is InChI=1S/C6H12N2O2/c7-5-2-1-3-6(4-5)8(9)10/h5-6H,1-4,7H2. The van der Waals surface area contributed by atoms with Crippen LogP contribution in [0.2, 0.25) is 0 Å². The smallest absolute Gasteiger partial charge is 0.214 e. The predicted octanol–water partition coefficient (Wildman–Crippen LogP) is 0.533. The van der Waals surface area contributed by atoms with Gasteiger partial charge in [-0.3, -0.25) is 10.1 Å². The number of hydrogen-bond acceptors (Lipinski definition) is 3. The van der Waals surface area contributed by atoms with Crippen molar-refractivity contribution in [1.29, 1.82) is 0 Å². The number of rotatable bonds is 1. The van der Waals surface area contributed by atoms with E-state index >= 15 is 0 Å².